The first-order chi connectivity index (χ1) is 9.13. The van der Waals surface area contributed by atoms with Crippen molar-refractivity contribution in [3.63, 3.8) is 0 Å². The first kappa shape index (κ1) is 13.3. The van der Waals surface area contributed by atoms with E-state index in [-0.39, 0.29) is 0 Å². The minimum Gasteiger partial charge on any atom is -0.492 e. The smallest absolute Gasteiger partial charge is 0.121 e. The fourth-order valence-electron chi connectivity index (χ4n) is 2.05. The molecule has 0 fully saturated rings. The molecule has 0 aliphatic heterocycles. The van der Waals surface area contributed by atoms with E-state index < -0.39 is 0 Å². The molecule has 0 amide bonds. The first-order valence-electron chi connectivity index (χ1n) is 6.44. The molecule has 0 saturated heterocycles. The molecule has 0 aliphatic carbocycles. The van der Waals surface area contributed by atoms with Crippen molar-refractivity contribution in [1.82, 2.24) is 0 Å². The predicted molar refractivity (Wildman–Crippen MR) is 80.8 cm³/mol. The Kier molecular flexibility index (Phi) is 4.29. The highest BCUT2D eigenvalue weighted by Gasteiger charge is 1.97. The number of anilines is 2. The van der Waals surface area contributed by atoms with Crippen LogP contribution in [-0.4, -0.2) is 13.2 Å². The summed E-state index contributed by atoms with van der Waals surface area (Å²) in [6.07, 6.45) is 0. The summed E-state index contributed by atoms with van der Waals surface area (Å²) in [5.41, 5.74) is 10.1. The number of hydrogen-bond donors (Lipinski definition) is 2. The summed E-state index contributed by atoms with van der Waals surface area (Å²) in [4.78, 5) is 0. The lowest BCUT2D eigenvalue weighted by molar-refractivity contribution is 0.333. The zero-order valence-corrected chi connectivity index (χ0v) is 11.4. The molecule has 100 valence electrons. The third-order valence-corrected chi connectivity index (χ3v) is 2.78. The number of nitrogens with two attached hydrogens (primary N) is 1. The number of aryl methyl sites for hydroxylation is 2. The van der Waals surface area contributed by atoms with Crippen molar-refractivity contribution in [1.29, 1.82) is 0 Å². The minimum atomic E-state index is 0.608. The van der Waals surface area contributed by atoms with E-state index in [0.717, 1.165) is 23.7 Å². The van der Waals surface area contributed by atoms with E-state index in [9.17, 15) is 0 Å². The molecule has 0 unspecified atom stereocenters. The zero-order valence-electron chi connectivity index (χ0n) is 11.4. The van der Waals surface area contributed by atoms with Crippen molar-refractivity contribution < 1.29 is 4.74 Å². The molecule has 0 spiro atoms. The molecular formula is C16H20N2O. The van der Waals surface area contributed by atoms with Gasteiger partial charge >= 0.3 is 0 Å². The van der Waals surface area contributed by atoms with E-state index in [1.807, 2.05) is 24.3 Å². The number of nitrogens with one attached hydrogen (secondary N) is 1. The molecule has 0 aromatic heterocycles. The van der Waals surface area contributed by atoms with Crippen LogP contribution in [0.3, 0.4) is 0 Å². The maximum absolute atomic E-state index is 5.69. The van der Waals surface area contributed by atoms with Gasteiger partial charge in [-0.05, 0) is 49.2 Å². The molecular weight excluding hydrogens is 236 g/mol. The number of benzene rings is 2. The summed E-state index contributed by atoms with van der Waals surface area (Å²) >= 11 is 0. The standard InChI is InChI=1S/C16H20N2O/c1-12-8-13(2)10-15(9-12)18-6-7-19-16-5-3-4-14(17)11-16/h3-5,8-11,18H,6-7,17H2,1-2H3. The van der Waals surface area contributed by atoms with Gasteiger partial charge in [0.15, 0.2) is 0 Å². The van der Waals surface area contributed by atoms with E-state index in [0.29, 0.717) is 6.61 Å². The molecule has 3 nitrogen and oxygen atoms in total. The molecule has 0 radical (unpaired) electrons. The van der Waals surface area contributed by atoms with Crippen molar-refractivity contribution in [2.75, 3.05) is 24.2 Å². The van der Waals surface area contributed by atoms with Crippen LogP contribution in [0, 0.1) is 13.8 Å². The van der Waals surface area contributed by atoms with Crippen molar-refractivity contribution in [3.8, 4) is 5.75 Å². The average Bonchev–Trinajstić information content (AvgIpc) is 2.34. The summed E-state index contributed by atoms with van der Waals surface area (Å²) in [7, 11) is 0. The van der Waals surface area contributed by atoms with E-state index in [1.165, 1.54) is 11.1 Å². The van der Waals surface area contributed by atoms with E-state index in [2.05, 4.69) is 37.4 Å². The Morgan fingerprint density at radius 3 is 2.47 bits per heavy atom. The minimum absolute atomic E-state index is 0.608. The fourth-order valence-corrected chi connectivity index (χ4v) is 2.05. The van der Waals surface area contributed by atoms with Crippen molar-refractivity contribution in [3.05, 3.63) is 53.6 Å². The van der Waals surface area contributed by atoms with Crippen LogP contribution in [0.15, 0.2) is 42.5 Å². The molecule has 2 aromatic rings. The Hall–Kier alpha value is -2.16. The van der Waals surface area contributed by atoms with Gasteiger partial charge < -0.3 is 15.8 Å². The Bertz CT molecular complexity index is 532. The second-order valence-electron chi connectivity index (χ2n) is 4.72. The molecule has 3 heteroatoms. The summed E-state index contributed by atoms with van der Waals surface area (Å²) in [5, 5.41) is 3.35. The Morgan fingerprint density at radius 1 is 1.05 bits per heavy atom. The first-order valence-corrected chi connectivity index (χ1v) is 6.44. The average molecular weight is 256 g/mol. The number of nitrogen functional groups attached to an aromatic ring is 1. The highest BCUT2D eigenvalue weighted by molar-refractivity contribution is 5.48. The molecule has 0 heterocycles. The second kappa shape index (κ2) is 6.14. The highest BCUT2D eigenvalue weighted by atomic mass is 16.5. The largest absolute Gasteiger partial charge is 0.492 e. The molecule has 0 bridgehead atoms. The van der Waals surface area contributed by atoms with Crippen molar-refractivity contribution in [2.24, 2.45) is 0 Å². The zero-order chi connectivity index (χ0) is 13.7. The van der Waals surface area contributed by atoms with Gasteiger partial charge in [-0.2, -0.15) is 0 Å². The Labute approximate surface area is 114 Å². The van der Waals surface area contributed by atoms with Gasteiger partial charge in [-0.15, -0.1) is 0 Å². The fraction of sp³-hybridized carbons (Fsp3) is 0.250. The van der Waals surface area contributed by atoms with Crippen LogP contribution < -0.4 is 15.8 Å². The topological polar surface area (TPSA) is 47.3 Å². The summed E-state index contributed by atoms with van der Waals surface area (Å²) in [6, 6.07) is 13.9. The number of ether oxygens (including phenoxy) is 1. The molecule has 2 aromatic carbocycles. The predicted octanol–water partition coefficient (Wildman–Crippen LogP) is 3.38. The lowest BCUT2D eigenvalue weighted by Gasteiger charge is -2.10. The van der Waals surface area contributed by atoms with Crippen molar-refractivity contribution in [2.45, 2.75) is 13.8 Å². The molecule has 0 atom stereocenters. The summed E-state index contributed by atoms with van der Waals surface area (Å²) < 4.78 is 5.63. The molecule has 19 heavy (non-hydrogen) atoms. The second-order valence-corrected chi connectivity index (χ2v) is 4.72. The van der Waals surface area contributed by atoms with Gasteiger partial charge in [-0.1, -0.05) is 12.1 Å². The van der Waals surface area contributed by atoms with Crippen LogP contribution in [-0.2, 0) is 0 Å². The quantitative estimate of drug-likeness (QED) is 0.637. The third-order valence-electron chi connectivity index (χ3n) is 2.78. The SMILES string of the molecule is Cc1cc(C)cc(NCCOc2cccc(N)c2)c1. The molecule has 0 aliphatic rings. The van der Waals surface area contributed by atoms with Crippen LogP contribution in [0.4, 0.5) is 11.4 Å². The van der Waals surface area contributed by atoms with Gasteiger partial charge in [0.1, 0.15) is 12.4 Å². The molecule has 0 saturated carbocycles. The lowest BCUT2D eigenvalue weighted by Crippen LogP contribution is -2.11. The Balaban J connectivity index is 1.80. The van der Waals surface area contributed by atoms with Crippen LogP contribution in [0.1, 0.15) is 11.1 Å². The van der Waals surface area contributed by atoms with Gasteiger partial charge in [0.05, 0.1) is 0 Å². The van der Waals surface area contributed by atoms with Crippen LogP contribution in [0.2, 0.25) is 0 Å². The van der Waals surface area contributed by atoms with Crippen LogP contribution in [0.5, 0.6) is 5.75 Å². The van der Waals surface area contributed by atoms with Crippen LogP contribution >= 0.6 is 0 Å². The normalized spacial score (nSPS) is 10.2. The van der Waals surface area contributed by atoms with Crippen LogP contribution in [0.25, 0.3) is 0 Å². The monoisotopic (exact) mass is 256 g/mol. The maximum atomic E-state index is 5.69. The van der Waals surface area contributed by atoms with Gasteiger partial charge in [-0.3, -0.25) is 0 Å². The highest BCUT2D eigenvalue weighted by Crippen LogP contribution is 2.15. The van der Waals surface area contributed by atoms with Gasteiger partial charge in [-0.25, -0.2) is 0 Å². The summed E-state index contributed by atoms with van der Waals surface area (Å²) in [6.45, 7) is 5.57. The number of hydrogen-bond acceptors (Lipinski definition) is 3. The summed E-state index contributed by atoms with van der Waals surface area (Å²) in [5.74, 6) is 0.808. The van der Waals surface area contributed by atoms with E-state index >= 15 is 0 Å². The lowest BCUT2D eigenvalue weighted by atomic mass is 10.1. The molecule has 3 N–H and O–H groups in total. The Morgan fingerprint density at radius 2 is 1.79 bits per heavy atom. The van der Waals surface area contributed by atoms with Gasteiger partial charge in [0.25, 0.3) is 0 Å². The van der Waals surface area contributed by atoms with E-state index in [1.54, 1.807) is 0 Å². The van der Waals surface area contributed by atoms with Gasteiger partial charge in [0.2, 0.25) is 0 Å². The number of rotatable bonds is 5. The third kappa shape index (κ3) is 4.21. The van der Waals surface area contributed by atoms with Gasteiger partial charge in [0, 0.05) is 24.0 Å². The molecule has 2 rings (SSSR count). The maximum Gasteiger partial charge on any atom is 0.121 e. The van der Waals surface area contributed by atoms with E-state index in [4.69, 9.17) is 10.5 Å². The van der Waals surface area contributed by atoms with Crippen molar-refractivity contribution >= 4 is 11.4 Å².